The molecule has 110 valence electrons. The predicted molar refractivity (Wildman–Crippen MR) is 92.0 cm³/mol. The second-order valence-corrected chi connectivity index (χ2v) is 7.61. The summed E-state index contributed by atoms with van der Waals surface area (Å²) in [6.07, 6.45) is 1.93. The maximum absolute atomic E-state index is 4.71. The van der Waals surface area contributed by atoms with Gasteiger partial charge in [-0.25, -0.2) is 4.98 Å². The van der Waals surface area contributed by atoms with Gasteiger partial charge in [-0.05, 0) is 36.9 Å². The van der Waals surface area contributed by atoms with E-state index in [1.807, 2.05) is 6.20 Å². The largest absolute Gasteiger partial charge is 0.312 e. The number of hydrogen-bond acceptors (Lipinski definition) is 5. The first-order valence-corrected chi connectivity index (χ1v) is 8.83. The molecule has 3 heterocycles. The maximum atomic E-state index is 4.71. The molecule has 0 aliphatic carbocycles. The fourth-order valence-electron chi connectivity index (χ4n) is 2.15. The third-order valence-corrected chi connectivity index (χ3v) is 5.34. The van der Waals surface area contributed by atoms with E-state index in [2.05, 4.69) is 48.6 Å². The van der Waals surface area contributed by atoms with E-state index >= 15 is 0 Å². The molecule has 0 bridgehead atoms. The summed E-state index contributed by atoms with van der Waals surface area (Å²) >= 11 is 3.49. The number of aromatic nitrogens is 2. The normalized spacial score (nSPS) is 11.6. The maximum Gasteiger partial charge on any atom is 0.125 e. The van der Waals surface area contributed by atoms with Crippen LogP contribution in [-0.4, -0.2) is 16.5 Å². The molecule has 21 heavy (non-hydrogen) atoms. The summed E-state index contributed by atoms with van der Waals surface area (Å²) < 4.78 is 1.22. The Hall–Kier alpha value is -1.30. The molecule has 0 spiro atoms. The second-order valence-electron chi connectivity index (χ2n) is 5.58. The van der Waals surface area contributed by atoms with Gasteiger partial charge in [-0.1, -0.05) is 13.8 Å². The molecule has 0 fully saturated rings. The zero-order valence-electron chi connectivity index (χ0n) is 12.5. The fourth-order valence-corrected chi connectivity index (χ4v) is 3.95. The summed E-state index contributed by atoms with van der Waals surface area (Å²) in [5.74, 6) is 0.670. The molecule has 0 aliphatic rings. The van der Waals surface area contributed by atoms with E-state index in [1.54, 1.807) is 22.7 Å². The van der Waals surface area contributed by atoms with Crippen molar-refractivity contribution in [2.24, 2.45) is 5.92 Å². The third-order valence-electron chi connectivity index (χ3n) is 3.28. The van der Waals surface area contributed by atoms with Gasteiger partial charge in [-0.3, -0.25) is 4.98 Å². The van der Waals surface area contributed by atoms with Crippen molar-refractivity contribution in [2.75, 3.05) is 6.54 Å². The number of hydrogen-bond donors (Lipinski definition) is 1. The van der Waals surface area contributed by atoms with Gasteiger partial charge in [0.05, 0.1) is 15.9 Å². The molecule has 3 rings (SSSR count). The van der Waals surface area contributed by atoms with Gasteiger partial charge in [0.2, 0.25) is 0 Å². The second kappa shape index (κ2) is 6.22. The minimum atomic E-state index is 0.670. The van der Waals surface area contributed by atoms with Crippen molar-refractivity contribution in [3.05, 3.63) is 34.3 Å². The summed E-state index contributed by atoms with van der Waals surface area (Å²) in [5, 5.41) is 6.63. The van der Waals surface area contributed by atoms with E-state index in [-0.39, 0.29) is 0 Å². The van der Waals surface area contributed by atoms with Crippen LogP contribution in [0.4, 0.5) is 0 Å². The monoisotopic (exact) mass is 317 g/mol. The van der Waals surface area contributed by atoms with Crippen LogP contribution in [-0.2, 0) is 6.54 Å². The van der Waals surface area contributed by atoms with Crippen molar-refractivity contribution < 1.29 is 0 Å². The van der Waals surface area contributed by atoms with Crippen LogP contribution < -0.4 is 5.32 Å². The fraction of sp³-hybridized carbons (Fsp3) is 0.375. The highest BCUT2D eigenvalue weighted by molar-refractivity contribution is 7.17. The highest BCUT2D eigenvalue weighted by Crippen LogP contribution is 2.30. The van der Waals surface area contributed by atoms with E-state index in [1.165, 1.54) is 9.58 Å². The van der Waals surface area contributed by atoms with Crippen LogP contribution in [0.15, 0.2) is 23.7 Å². The molecule has 3 nitrogen and oxygen atoms in total. The topological polar surface area (TPSA) is 37.8 Å². The van der Waals surface area contributed by atoms with E-state index < -0.39 is 0 Å². The summed E-state index contributed by atoms with van der Waals surface area (Å²) in [6.45, 7) is 8.47. The zero-order valence-corrected chi connectivity index (χ0v) is 14.1. The molecular formula is C16H19N3S2. The van der Waals surface area contributed by atoms with E-state index in [4.69, 9.17) is 4.98 Å². The SMILES string of the molecule is Cc1nc(-c2cnc3ccsc3c2)sc1CNCC(C)C. The molecule has 0 aromatic carbocycles. The first kappa shape index (κ1) is 14.6. The Morgan fingerprint density at radius 1 is 1.33 bits per heavy atom. The van der Waals surface area contributed by atoms with Gasteiger partial charge in [-0.2, -0.15) is 0 Å². The Morgan fingerprint density at radius 2 is 2.19 bits per heavy atom. The summed E-state index contributed by atoms with van der Waals surface area (Å²) in [5.41, 5.74) is 3.31. The van der Waals surface area contributed by atoms with Crippen LogP contribution in [0.2, 0.25) is 0 Å². The van der Waals surface area contributed by atoms with Crippen molar-refractivity contribution in [1.82, 2.24) is 15.3 Å². The first-order valence-electron chi connectivity index (χ1n) is 7.14. The molecule has 0 atom stereocenters. The van der Waals surface area contributed by atoms with Crippen LogP contribution >= 0.6 is 22.7 Å². The number of fused-ring (bicyclic) bond motifs is 1. The molecule has 3 aromatic rings. The molecule has 0 amide bonds. The Labute approximate surface area is 133 Å². The van der Waals surface area contributed by atoms with Gasteiger partial charge >= 0.3 is 0 Å². The molecule has 0 saturated heterocycles. The lowest BCUT2D eigenvalue weighted by Crippen LogP contribution is -2.18. The molecule has 0 saturated carbocycles. The number of nitrogens with zero attached hydrogens (tertiary/aromatic N) is 2. The van der Waals surface area contributed by atoms with Crippen molar-refractivity contribution in [3.8, 4) is 10.6 Å². The predicted octanol–water partition coefficient (Wildman–Crippen LogP) is 4.47. The number of rotatable bonds is 5. The summed E-state index contributed by atoms with van der Waals surface area (Å²) in [7, 11) is 0. The minimum Gasteiger partial charge on any atom is -0.312 e. The zero-order chi connectivity index (χ0) is 14.8. The Bertz CT molecular complexity index is 743. The average Bonchev–Trinajstić information content (AvgIpc) is 3.04. The van der Waals surface area contributed by atoms with Crippen molar-refractivity contribution in [3.63, 3.8) is 0 Å². The Morgan fingerprint density at radius 3 is 3.00 bits per heavy atom. The number of thiazole rings is 1. The quantitative estimate of drug-likeness (QED) is 0.754. The number of thiophene rings is 1. The lowest BCUT2D eigenvalue weighted by molar-refractivity contribution is 0.554. The number of aryl methyl sites for hydroxylation is 1. The van der Waals surface area contributed by atoms with Crippen LogP contribution in [0.25, 0.3) is 20.8 Å². The van der Waals surface area contributed by atoms with Crippen molar-refractivity contribution in [1.29, 1.82) is 0 Å². The molecular weight excluding hydrogens is 298 g/mol. The number of nitrogens with one attached hydrogen (secondary N) is 1. The van der Waals surface area contributed by atoms with Gasteiger partial charge in [0, 0.05) is 23.2 Å². The van der Waals surface area contributed by atoms with Gasteiger partial charge in [0.15, 0.2) is 0 Å². The van der Waals surface area contributed by atoms with Gasteiger partial charge < -0.3 is 5.32 Å². The van der Waals surface area contributed by atoms with Crippen LogP contribution in [0.5, 0.6) is 0 Å². The van der Waals surface area contributed by atoms with E-state index in [0.29, 0.717) is 5.92 Å². The van der Waals surface area contributed by atoms with Crippen molar-refractivity contribution in [2.45, 2.75) is 27.3 Å². The molecule has 3 aromatic heterocycles. The molecule has 0 aliphatic heterocycles. The van der Waals surface area contributed by atoms with Gasteiger partial charge in [0.25, 0.3) is 0 Å². The summed E-state index contributed by atoms with van der Waals surface area (Å²) in [6, 6.07) is 4.24. The van der Waals surface area contributed by atoms with Crippen molar-refractivity contribution >= 4 is 32.9 Å². The Balaban J connectivity index is 1.82. The average molecular weight is 317 g/mol. The summed E-state index contributed by atoms with van der Waals surface area (Å²) in [4.78, 5) is 10.5. The van der Waals surface area contributed by atoms with Crippen LogP contribution in [0.1, 0.15) is 24.4 Å². The smallest absolute Gasteiger partial charge is 0.125 e. The molecule has 0 unspecified atom stereocenters. The Kier molecular flexibility index (Phi) is 4.33. The third kappa shape index (κ3) is 3.31. The highest BCUT2D eigenvalue weighted by Gasteiger charge is 2.10. The molecule has 1 N–H and O–H groups in total. The number of pyridine rings is 1. The highest BCUT2D eigenvalue weighted by atomic mass is 32.1. The van der Waals surface area contributed by atoms with E-state index in [9.17, 15) is 0 Å². The standard InChI is InChI=1S/C16H19N3S2/c1-10(2)7-17-9-15-11(3)19-16(21-15)12-6-14-13(18-8-12)4-5-20-14/h4-6,8,10,17H,7,9H2,1-3H3. The van der Waals surface area contributed by atoms with Crippen LogP contribution in [0.3, 0.4) is 0 Å². The van der Waals surface area contributed by atoms with Gasteiger partial charge in [-0.15, -0.1) is 22.7 Å². The van der Waals surface area contributed by atoms with Gasteiger partial charge in [0.1, 0.15) is 5.01 Å². The first-order chi connectivity index (χ1) is 10.1. The lowest BCUT2D eigenvalue weighted by atomic mass is 10.2. The van der Waals surface area contributed by atoms with E-state index in [0.717, 1.165) is 34.9 Å². The minimum absolute atomic E-state index is 0.670. The molecule has 5 heteroatoms. The molecule has 0 radical (unpaired) electrons. The lowest BCUT2D eigenvalue weighted by Gasteiger charge is -2.05. The van der Waals surface area contributed by atoms with Crippen LogP contribution in [0, 0.1) is 12.8 Å².